The normalized spacial score (nSPS) is 36.3. The number of halogens is 1. The zero-order chi connectivity index (χ0) is 14.6. The molecule has 5 atom stereocenters. The fraction of sp³-hybridized carbons (Fsp3) is 0.389. The molecule has 108 valence electrons. The van der Waals surface area contributed by atoms with Crippen molar-refractivity contribution in [2.24, 2.45) is 23.7 Å². The Bertz CT molecular complexity index is 621. The topological polar surface area (TPSA) is 20.3 Å². The van der Waals surface area contributed by atoms with Gasteiger partial charge in [-0.05, 0) is 54.9 Å². The fourth-order valence-electron chi connectivity index (χ4n) is 4.58. The Hall–Kier alpha value is -1.35. The Balaban J connectivity index is 1.75. The van der Waals surface area contributed by atoms with Gasteiger partial charge in [-0.1, -0.05) is 34.2 Å². The monoisotopic (exact) mass is 343 g/mol. The van der Waals surface area contributed by atoms with E-state index in [-0.39, 0.29) is 12.0 Å². The molecule has 3 aliphatic rings. The van der Waals surface area contributed by atoms with Gasteiger partial charge in [0.2, 0.25) is 5.91 Å². The smallest absolute Gasteiger partial charge is 0.231 e. The molecule has 1 heterocycles. The SMILES string of the molecule is C=CC[C@@H]1[C@@H]2[C@H](C(=O)N1c1ccc(Br)cc1)[C@@H]1C=C[C@H]2C1. The number of nitrogens with zero attached hydrogens (tertiary/aromatic N) is 1. The van der Waals surface area contributed by atoms with E-state index in [0.717, 1.165) is 16.6 Å². The third-order valence-corrected chi connectivity index (χ3v) is 5.86. The van der Waals surface area contributed by atoms with Crippen molar-refractivity contribution >= 4 is 27.5 Å². The van der Waals surface area contributed by atoms with Crippen molar-refractivity contribution in [3.8, 4) is 0 Å². The van der Waals surface area contributed by atoms with Gasteiger partial charge in [0.15, 0.2) is 0 Å². The van der Waals surface area contributed by atoms with Crippen molar-refractivity contribution in [1.29, 1.82) is 0 Å². The van der Waals surface area contributed by atoms with Gasteiger partial charge in [-0.15, -0.1) is 6.58 Å². The van der Waals surface area contributed by atoms with Crippen LogP contribution in [-0.2, 0) is 4.79 Å². The van der Waals surface area contributed by atoms with Crippen LogP contribution < -0.4 is 4.90 Å². The summed E-state index contributed by atoms with van der Waals surface area (Å²) in [6.45, 7) is 3.90. The summed E-state index contributed by atoms with van der Waals surface area (Å²) in [5, 5.41) is 0. The second-order valence-corrected chi connectivity index (χ2v) is 7.24. The summed E-state index contributed by atoms with van der Waals surface area (Å²) >= 11 is 3.46. The van der Waals surface area contributed by atoms with E-state index in [4.69, 9.17) is 0 Å². The maximum atomic E-state index is 13.0. The Kier molecular flexibility index (Phi) is 3.07. The van der Waals surface area contributed by atoms with Crippen molar-refractivity contribution in [1.82, 2.24) is 0 Å². The lowest BCUT2D eigenvalue weighted by atomic mass is 9.81. The lowest BCUT2D eigenvalue weighted by Crippen LogP contribution is -2.36. The number of hydrogen-bond acceptors (Lipinski definition) is 1. The van der Waals surface area contributed by atoms with Crippen LogP contribution in [0.2, 0.25) is 0 Å². The van der Waals surface area contributed by atoms with Gasteiger partial charge in [0, 0.05) is 16.2 Å². The number of fused-ring (bicyclic) bond motifs is 5. The zero-order valence-electron chi connectivity index (χ0n) is 11.8. The van der Waals surface area contributed by atoms with E-state index in [1.807, 2.05) is 35.2 Å². The highest BCUT2D eigenvalue weighted by molar-refractivity contribution is 9.10. The lowest BCUT2D eigenvalue weighted by molar-refractivity contribution is -0.121. The molecular formula is C18H18BrNO. The molecule has 0 radical (unpaired) electrons. The minimum Gasteiger partial charge on any atom is -0.308 e. The first-order valence-corrected chi connectivity index (χ1v) is 8.38. The van der Waals surface area contributed by atoms with Crippen molar-refractivity contribution in [3.05, 3.63) is 53.5 Å². The number of benzene rings is 1. The number of allylic oxidation sites excluding steroid dienone is 2. The molecule has 1 aromatic carbocycles. The number of anilines is 1. The molecule has 2 nitrogen and oxygen atoms in total. The minimum atomic E-state index is 0.189. The molecule has 1 saturated heterocycles. The minimum absolute atomic E-state index is 0.189. The fourth-order valence-corrected chi connectivity index (χ4v) is 4.85. The summed E-state index contributed by atoms with van der Waals surface area (Å²) in [7, 11) is 0. The summed E-state index contributed by atoms with van der Waals surface area (Å²) in [5.41, 5.74) is 1.02. The van der Waals surface area contributed by atoms with Crippen molar-refractivity contribution in [3.63, 3.8) is 0 Å². The van der Waals surface area contributed by atoms with Crippen LogP contribution in [0.3, 0.4) is 0 Å². The quantitative estimate of drug-likeness (QED) is 0.754. The van der Waals surface area contributed by atoms with Crippen LogP contribution in [0.5, 0.6) is 0 Å². The molecule has 0 aromatic heterocycles. The summed E-state index contributed by atoms with van der Waals surface area (Å²) in [4.78, 5) is 15.0. The molecule has 1 saturated carbocycles. The second kappa shape index (κ2) is 4.84. The van der Waals surface area contributed by atoms with Crippen LogP contribution in [0.4, 0.5) is 5.69 Å². The predicted molar refractivity (Wildman–Crippen MR) is 87.9 cm³/mol. The van der Waals surface area contributed by atoms with Crippen molar-refractivity contribution in [2.45, 2.75) is 18.9 Å². The van der Waals surface area contributed by atoms with Crippen LogP contribution in [0.1, 0.15) is 12.8 Å². The summed E-state index contributed by atoms with van der Waals surface area (Å²) in [5.74, 6) is 2.00. The molecule has 1 aliphatic heterocycles. The standard InChI is InChI=1S/C18H18BrNO/c1-2-3-15-16-11-4-5-12(10-11)17(16)18(21)20(15)14-8-6-13(19)7-9-14/h2,4-9,11-12,15-17H,1,3,10H2/t11-,12+,15+,16+,17+/m0/s1. The Morgan fingerprint density at radius 3 is 2.67 bits per heavy atom. The van der Waals surface area contributed by atoms with Gasteiger partial charge in [-0.2, -0.15) is 0 Å². The van der Waals surface area contributed by atoms with Gasteiger partial charge in [0.05, 0.1) is 5.92 Å². The molecule has 0 spiro atoms. The number of carbonyl (C=O) groups is 1. The number of rotatable bonds is 3. The Labute approximate surface area is 133 Å². The highest BCUT2D eigenvalue weighted by atomic mass is 79.9. The van der Waals surface area contributed by atoms with Crippen LogP contribution in [-0.4, -0.2) is 11.9 Å². The molecule has 1 aromatic rings. The maximum Gasteiger partial charge on any atom is 0.231 e. The van der Waals surface area contributed by atoms with Gasteiger partial charge in [0.1, 0.15) is 0 Å². The first-order valence-electron chi connectivity index (χ1n) is 7.58. The van der Waals surface area contributed by atoms with E-state index in [1.165, 1.54) is 6.42 Å². The number of carbonyl (C=O) groups excluding carboxylic acids is 1. The van der Waals surface area contributed by atoms with E-state index < -0.39 is 0 Å². The predicted octanol–water partition coefficient (Wildman–Crippen LogP) is 4.18. The van der Waals surface area contributed by atoms with Gasteiger partial charge in [-0.3, -0.25) is 4.79 Å². The molecule has 2 bridgehead atoms. The third kappa shape index (κ3) is 1.87. The molecule has 2 aliphatic carbocycles. The van der Waals surface area contributed by atoms with Crippen LogP contribution in [0.15, 0.2) is 53.5 Å². The second-order valence-electron chi connectivity index (χ2n) is 6.33. The van der Waals surface area contributed by atoms with Crippen molar-refractivity contribution in [2.75, 3.05) is 4.90 Å². The molecule has 1 amide bonds. The zero-order valence-corrected chi connectivity index (χ0v) is 13.4. The summed E-state index contributed by atoms with van der Waals surface area (Å²) in [6.07, 6.45) is 8.60. The molecule has 4 rings (SSSR count). The van der Waals surface area contributed by atoms with Crippen LogP contribution in [0.25, 0.3) is 0 Å². The third-order valence-electron chi connectivity index (χ3n) is 5.33. The maximum absolute atomic E-state index is 13.0. The summed E-state index contributed by atoms with van der Waals surface area (Å²) in [6, 6.07) is 8.35. The van der Waals surface area contributed by atoms with E-state index in [9.17, 15) is 4.79 Å². The number of amides is 1. The average molecular weight is 344 g/mol. The molecule has 2 fully saturated rings. The van der Waals surface area contributed by atoms with Crippen LogP contribution in [0, 0.1) is 23.7 Å². The van der Waals surface area contributed by atoms with E-state index in [2.05, 4.69) is 34.7 Å². The van der Waals surface area contributed by atoms with Gasteiger partial charge < -0.3 is 4.90 Å². The van der Waals surface area contributed by atoms with Crippen LogP contribution >= 0.6 is 15.9 Å². The average Bonchev–Trinajstić information content (AvgIpc) is 3.15. The Morgan fingerprint density at radius 1 is 1.24 bits per heavy atom. The molecule has 0 N–H and O–H groups in total. The number of hydrogen-bond donors (Lipinski definition) is 0. The highest BCUT2D eigenvalue weighted by Gasteiger charge is 2.58. The molecule has 21 heavy (non-hydrogen) atoms. The molecule has 3 heteroatoms. The van der Waals surface area contributed by atoms with Gasteiger partial charge in [-0.25, -0.2) is 0 Å². The first kappa shape index (κ1) is 13.3. The van der Waals surface area contributed by atoms with Crippen molar-refractivity contribution < 1.29 is 4.79 Å². The van der Waals surface area contributed by atoms with Gasteiger partial charge in [0.25, 0.3) is 0 Å². The van der Waals surface area contributed by atoms with E-state index in [0.29, 0.717) is 23.7 Å². The Morgan fingerprint density at radius 2 is 1.95 bits per heavy atom. The highest BCUT2D eigenvalue weighted by Crippen LogP contribution is 2.55. The first-order chi connectivity index (χ1) is 10.2. The van der Waals surface area contributed by atoms with E-state index >= 15 is 0 Å². The van der Waals surface area contributed by atoms with E-state index in [1.54, 1.807) is 0 Å². The summed E-state index contributed by atoms with van der Waals surface area (Å²) < 4.78 is 1.04. The molecular weight excluding hydrogens is 326 g/mol. The largest absolute Gasteiger partial charge is 0.308 e. The lowest BCUT2D eigenvalue weighted by Gasteiger charge is -2.29. The molecule has 0 unspecified atom stereocenters. The van der Waals surface area contributed by atoms with Gasteiger partial charge >= 0.3 is 0 Å².